The van der Waals surface area contributed by atoms with Crippen LogP contribution in [0.15, 0.2) is 10.4 Å². The largest absolute Gasteiger partial charge is 0.466 e. The van der Waals surface area contributed by atoms with E-state index >= 15 is 0 Å². The van der Waals surface area contributed by atoms with Crippen LogP contribution in [0.2, 0.25) is 0 Å². The van der Waals surface area contributed by atoms with Gasteiger partial charge >= 0.3 is 5.97 Å². The number of methoxy groups -OCH3 is 1. The van der Waals surface area contributed by atoms with Crippen molar-refractivity contribution in [3.8, 4) is 0 Å². The minimum atomic E-state index is -0.162. The van der Waals surface area contributed by atoms with Gasteiger partial charge in [0.15, 0.2) is 5.96 Å². The summed E-state index contributed by atoms with van der Waals surface area (Å²) in [5.41, 5.74) is 0.982. The third-order valence-electron chi connectivity index (χ3n) is 3.39. The zero-order valence-electron chi connectivity index (χ0n) is 15.2. The molecule has 0 aromatic carbocycles. The minimum absolute atomic E-state index is 0.00868. The Kier molecular flexibility index (Phi) is 9.33. The van der Waals surface area contributed by atoms with E-state index in [0.717, 1.165) is 16.7 Å². The molecule has 0 saturated carbocycles. The van der Waals surface area contributed by atoms with Crippen LogP contribution in [0.5, 0.6) is 0 Å². The van der Waals surface area contributed by atoms with E-state index in [0.29, 0.717) is 32.5 Å². The number of esters is 1. The van der Waals surface area contributed by atoms with Crippen molar-refractivity contribution < 1.29 is 14.3 Å². The van der Waals surface area contributed by atoms with E-state index < -0.39 is 0 Å². The van der Waals surface area contributed by atoms with Gasteiger partial charge in [-0.1, -0.05) is 0 Å². The van der Waals surface area contributed by atoms with E-state index in [4.69, 9.17) is 9.47 Å². The third-order valence-corrected chi connectivity index (χ3v) is 4.44. The van der Waals surface area contributed by atoms with Gasteiger partial charge in [-0.05, 0) is 20.3 Å². The average molecular weight is 356 g/mol. The Hall–Kier alpha value is -1.67. The summed E-state index contributed by atoms with van der Waals surface area (Å²) in [6.07, 6.45) is 1.12. The zero-order valence-corrected chi connectivity index (χ0v) is 16.0. The molecule has 1 aromatic rings. The first-order valence-corrected chi connectivity index (χ1v) is 8.94. The van der Waals surface area contributed by atoms with Gasteiger partial charge in [-0.3, -0.25) is 9.79 Å². The lowest BCUT2D eigenvalue weighted by molar-refractivity contribution is -0.143. The molecule has 0 aliphatic carbocycles. The Morgan fingerprint density at radius 2 is 2.29 bits per heavy atom. The van der Waals surface area contributed by atoms with Crippen molar-refractivity contribution >= 4 is 23.3 Å². The average Bonchev–Trinajstić information content (AvgIpc) is 3.02. The molecule has 1 unspecified atom stereocenters. The van der Waals surface area contributed by atoms with Gasteiger partial charge in [0.2, 0.25) is 0 Å². The Bertz CT molecular complexity index is 533. The number of carbonyl (C=O) groups excluding carboxylic acids is 1. The van der Waals surface area contributed by atoms with Crippen LogP contribution >= 0.6 is 11.3 Å². The number of aromatic nitrogens is 1. The summed E-state index contributed by atoms with van der Waals surface area (Å²) in [4.78, 5) is 22.2. The zero-order chi connectivity index (χ0) is 17.9. The summed E-state index contributed by atoms with van der Waals surface area (Å²) in [6, 6.07) is 0. The highest BCUT2D eigenvalue weighted by Gasteiger charge is 2.12. The Balaban J connectivity index is 2.42. The molecule has 1 N–H and O–H groups in total. The fourth-order valence-corrected chi connectivity index (χ4v) is 2.89. The second kappa shape index (κ2) is 11.0. The standard InChI is InChI=1S/C16H28N4O3S/c1-6-23-14(21)8-7-9-18-16(17-3)20(4)10-13-11-24-15(19-13)12(2)22-5/h11-12H,6-10H2,1-5H3,(H,17,18). The van der Waals surface area contributed by atoms with E-state index in [1.54, 1.807) is 25.5 Å². The molecule has 0 spiro atoms. The molecule has 0 bridgehead atoms. The third kappa shape index (κ3) is 6.84. The van der Waals surface area contributed by atoms with Crippen LogP contribution in [0.1, 0.15) is 43.5 Å². The molecule has 0 saturated heterocycles. The molecule has 0 amide bonds. The monoisotopic (exact) mass is 356 g/mol. The van der Waals surface area contributed by atoms with Gasteiger partial charge in [0.25, 0.3) is 0 Å². The molecule has 24 heavy (non-hydrogen) atoms. The number of hydrogen-bond acceptors (Lipinski definition) is 6. The van der Waals surface area contributed by atoms with Crippen molar-refractivity contribution in [2.24, 2.45) is 4.99 Å². The Morgan fingerprint density at radius 3 is 2.92 bits per heavy atom. The fraction of sp³-hybridized carbons (Fsp3) is 0.688. The lowest BCUT2D eigenvalue weighted by atomic mass is 10.3. The molecule has 1 heterocycles. The second-order valence-electron chi connectivity index (χ2n) is 5.29. The van der Waals surface area contributed by atoms with Gasteiger partial charge in [-0.2, -0.15) is 0 Å². The van der Waals surface area contributed by atoms with Gasteiger partial charge < -0.3 is 19.7 Å². The highest BCUT2D eigenvalue weighted by Crippen LogP contribution is 2.20. The van der Waals surface area contributed by atoms with Crippen LogP contribution in [0.25, 0.3) is 0 Å². The van der Waals surface area contributed by atoms with E-state index in [-0.39, 0.29) is 12.1 Å². The van der Waals surface area contributed by atoms with Gasteiger partial charge in [0, 0.05) is 39.6 Å². The first-order chi connectivity index (χ1) is 11.5. The topological polar surface area (TPSA) is 76.0 Å². The van der Waals surface area contributed by atoms with Crippen molar-refractivity contribution in [1.29, 1.82) is 0 Å². The number of thiazole rings is 1. The van der Waals surface area contributed by atoms with E-state index in [2.05, 4.69) is 15.3 Å². The smallest absolute Gasteiger partial charge is 0.305 e. The molecule has 0 fully saturated rings. The first-order valence-electron chi connectivity index (χ1n) is 8.06. The minimum Gasteiger partial charge on any atom is -0.466 e. The van der Waals surface area contributed by atoms with Gasteiger partial charge in [0.05, 0.1) is 18.8 Å². The molecular weight excluding hydrogens is 328 g/mol. The van der Waals surface area contributed by atoms with Gasteiger partial charge in [-0.15, -0.1) is 11.3 Å². The number of nitrogens with zero attached hydrogens (tertiary/aromatic N) is 3. The Morgan fingerprint density at radius 1 is 1.54 bits per heavy atom. The molecule has 0 aliphatic heterocycles. The van der Waals surface area contributed by atoms with Crippen LogP contribution in [0.3, 0.4) is 0 Å². The molecule has 1 atom stereocenters. The summed E-state index contributed by atoms with van der Waals surface area (Å²) in [5.74, 6) is 0.609. The summed E-state index contributed by atoms with van der Waals surface area (Å²) in [7, 11) is 5.38. The van der Waals surface area contributed by atoms with E-state index in [1.165, 1.54) is 0 Å². The van der Waals surface area contributed by atoms with Crippen LogP contribution in [0, 0.1) is 0 Å². The molecule has 136 valence electrons. The second-order valence-corrected chi connectivity index (χ2v) is 6.18. The Labute approximate surface area is 148 Å². The van der Waals surface area contributed by atoms with E-state index in [9.17, 15) is 4.79 Å². The predicted octanol–water partition coefficient (Wildman–Crippen LogP) is 2.20. The highest BCUT2D eigenvalue weighted by atomic mass is 32.1. The molecule has 0 aliphatic rings. The van der Waals surface area contributed by atoms with Crippen LogP contribution in [0.4, 0.5) is 0 Å². The first kappa shape index (κ1) is 20.4. The number of carbonyl (C=O) groups is 1. The number of hydrogen-bond donors (Lipinski definition) is 1. The van der Waals surface area contributed by atoms with Crippen LogP contribution in [-0.4, -0.2) is 56.2 Å². The number of rotatable bonds is 9. The summed E-state index contributed by atoms with van der Waals surface area (Å²) >= 11 is 1.60. The van der Waals surface area contributed by atoms with Crippen LogP contribution < -0.4 is 5.32 Å². The van der Waals surface area contributed by atoms with Crippen molar-refractivity contribution in [3.63, 3.8) is 0 Å². The predicted molar refractivity (Wildman–Crippen MR) is 96.2 cm³/mol. The number of aliphatic imine (C=N–C) groups is 1. The number of ether oxygens (including phenoxy) is 2. The summed E-state index contributed by atoms with van der Waals surface area (Å²) in [5, 5.41) is 6.25. The van der Waals surface area contributed by atoms with Crippen molar-refractivity contribution in [2.45, 2.75) is 39.3 Å². The van der Waals surface area contributed by atoms with Crippen molar-refractivity contribution in [2.75, 3.05) is 34.4 Å². The van der Waals surface area contributed by atoms with Gasteiger partial charge in [-0.25, -0.2) is 4.98 Å². The maximum Gasteiger partial charge on any atom is 0.305 e. The quantitative estimate of drug-likeness (QED) is 0.316. The molecule has 1 rings (SSSR count). The van der Waals surface area contributed by atoms with Crippen molar-refractivity contribution in [3.05, 3.63) is 16.1 Å². The number of nitrogens with one attached hydrogen (secondary N) is 1. The fourth-order valence-electron chi connectivity index (χ4n) is 2.05. The molecule has 8 heteroatoms. The van der Waals surface area contributed by atoms with Crippen molar-refractivity contribution in [1.82, 2.24) is 15.2 Å². The van der Waals surface area contributed by atoms with Crippen LogP contribution in [-0.2, 0) is 20.8 Å². The van der Waals surface area contributed by atoms with E-state index in [1.807, 2.05) is 31.2 Å². The molecule has 1 aromatic heterocycles. The lowest BCUT2D eigenvalue weighted by Gasteiger charge is -2.21. The summed E-state index contributed by atoms with van der Waals surface area (Å²) < 4.78 is 10.2. The molecular formula is C16H28N4O3S. The maximum absolute atomic E-state index is 11.3. The summed E-state index contributed by atoms with van der Waals surface area (Å²) in [6.45, 7) is 5.54. The highest BCUT2D eigenvalue weighted by molar-refractivity contribution is 7.09. The molecule has 0 radical (unpaired) electrons. The number of guanidine groups is 1. The maximum atomic E-state index is 11.3. The van der Waals surface area contributed by atoms with Gasteiger partial charge in [0.1, 0.15) is 11.1 Å². The molecule has 7 nitrogen and oxygen atoms in total. The lowest BCUT2D eigenvalue weighted by Crippen LogP contribution is -2.39. The SMILES string of the molecule is CCOC(=O)CCCNC(=NC)N(C)Cc1csc(C(C)OC)n1. The normalized spacial score (nSPS) is 12.8.